The van der Waals surface area contributed by atoms with Crippen molar-refractivity contribution in [2.45, 2.75) is 38.9 Å². The minimum atomic E-state index is -0.703. The molecule has 3 aromatic rings. The molecule has 3 amide bonds. The molecule has 0 atom stereocenters. The average molecular weight is 510 g/mol. The van der Waals surface area contributed by atoms with Crippen LogP contribution in [0.1, 0.15) is 35.8 Å². The highest BCUT2D eigenvalue weighted by atomic mass is 35.5. The van der Waals surface area contributed by atoms with Crippen molar-refractivity contribution in [1.82, 2.24) is 20.0 Å². The van der Waals surface area contributed by atoms with E-state index in [1.807, 2.05) is 6.92 Å². The molecule has 3 N–H and O–H groups in total. The second kappa shape index (κ2) is 9.99. The number of hydrogen-bond acceptors (Lipinski definition) is 4. The fourth-order valence-corrected chi connectivity index (χ4v) is 4.67. The zero-order valence-corrected chi connectivity index (χ0v) is 20.4. The Morgan fingerprint density at radius 2 is 2.00 bits per heavy atom. The van der Waals surface area contributed by atoms with Crippen molar-refractivity contribution in [2.75, 3.05) is 6.54 Å². The Hall–Kier alpha value is -3.90. The van der Waals surface area contributed by atoms with Crippen LogP contribution >= 0.6 is 11.6 Å². The van der Waals surface area contributed by atoms with Gasteiger partial charge in [0.1, 0.15) is 12.4 Å². The summed E-state index contributed by atoms with van der Waals surface area (Å²) in [6.07, 6.45) is 6.71. The van der Waals surface area contributed by atoms with E-state index in [4.69, 9.17) is 23.8 Å². The van der Waals surface area contributed by atoms with Crippen LogP contribution in [0.25, 0.3) is 10.9 Å². The van der Waals surface area contributed by atoms with Gasteiger partial charge in [0.2, 0.25) is 11.8 Å². The maximum atomic E-state index is 14.2. The van der Waals surface area contributed by atoms with Gasteiger partial charge in [0.05, 0.1) is 17.1 Å². The van der Waals surface area contributed by atoms with Crippen LogP contribution in [0.5, 0.6) is 0 Å². The van der Waals surface area contributed by atoms with Crippen molar-refractivity contribution in [3.05, 3.63) is 64.6 Å². The molecule has 36 heavy (non-hydrogen) atoms. The van der Waals surface area contributed by atoms with Crippen molar-refractivity contribution in [1.29, 1.82) is 0 Å². The van der Waals surface area contributed by atoms with Crippen molar-refractivity contribution < 1.29 is 18.8 Å². The number of nitrogens with zero attached hydrogens (tertiary/aromatic N) is 3. The molecule has 0 bridgehead atoms. The van der Waals surface area contributed by atoms with E-state index in [-0.39, 0.29) is 53.3 Å². The number of aromatic nitrogens is 2. The first kappa shape index (κ1) is 25.2. The predicted octanol–water partition coefficient (Wildman–Crippen LogP) is 2.87. The lowest BCUT2D eigenvalue weighted by Gasteiger charge is -2.47. The Morgan fingerprint density at radius 3 is 2.69 bits per heavy atom. The number of nitrogens with two attached hydrogens (primary N) is 1. The Bertz CT molecular complexity index is 1390. The number of halogens is 2. The molecule has 186 valence electrons. The Kier molecular flexibility index (Phi) is 7.00. The molecule has 1 aromatic heterocycles. The number of para-hydroxylation sites is 1. The van der Waals surface area contributed by atoms with E-state index in [0.29, 0.717) is 23.7 Å². The quantitative estimate of drug-likeness (QED) is 0.455. The van der Waals surface area contributed by atoms with Crippen LogP contribution < -0.4 is 11.1 Å². The zero-order chi connectivity index (χ0) is 26.0. The number of rotatable bonds is 8. The molecule has 0 unspecified atom stereocenters. The lowest BCUT2D eigenvalue weighted by atomic mass is 9.67. The first-order chi connectivity index (χ1) is 17.1. The molecule has 4 rings (SSSR count). The van der Waals surface area contributed by atoms with E-state index in [9.17, 15) is 18.8 Å². The van der Waals surface area contributed by atoms with Crippen LogP contribution in [0.15, 0.2) is 42.5 Å². The largest absolute Gasteiger partial charge is 0.364 e. The number of benzene rings is 2. The van der Waals surface area contributed by atoms with Gasteiger partial charge in [-0.3, -0.25) is 19.1 Å². The predicted molar refractivity (Wildman–Crippen MR) is 133 cm³/mol. The molecule has 0 spiro atoms. The van der Waals surface area contributed by atoms with Gasteiger partial charge in [-0.2, -0.15) is 5.10 Å². The second-order valence-corrected chi connectivity index (χ2v) is 9.57. The van der Waals surface area contributed by atoms with Crippen LogP contribution in [0.4, 0.5) is 4.39 Å². The third kappa shape index (κ3) is 5.04. The fourth-order valence-electron chi connectivity index (χ4n) is 4.48. The molecule has 1 aliphatic carbocycles. The average Bonchev–Trinajstić information content (AvgIpc) is 3.20. The lowest BCUT2D eigenvalue weighted by molar-refractivity contribution is -0.142. The minimum absolute atomic E-state index is 0.0385. The molecule has 2 aromatic carbocycles. The van der Waals surface area contributed by atoms with Crippen LogP contribution in [-0.2, 0) is 22.7 Å². The summed E-state index contributed by atoms with van der Waals surface area (Å²) in [4.78, 5) is 39.5. The zero-order valence-electron chi connectivity index (χ0n) is 19.6. The molecule has 1 heterocycles. The standard InChI is InChI=1S/C26H25ClFN5O3/c1-3-26(2)11-17(12-26)32(14-21(34)30-13-16-7-6-9-19(27)23(16)28)22(35)15-33-20-10-5-4-8-18(20)24(31-33)25(29)36/h1,4-10,17H,11-15H2,2H3,(H2,29,36)(H,30,34)/t17-,26-. The van der Waals surface area contributed by atoms with Gasteiger partial charge in [-0.1, -0.05) is 41.9 Å². The van der Waals surface area contributed by atoms with Gasteiger partial charge in [0.25, 0.3) is 5.91 Å². The molecule has 0 aliphatic heterocycles. The van der Waals surface area contributed by atoms with Gasteiger partial charge in [0.15, 0.2) is 5.69 Å². The first-order valence-corrected chi connectivity index (χ1v) is 11.7. The topological polar surface area (TPSA) is 110 Å². The van der Waals surface area contributed by atoms with Gasteiger partial charge in [0, 0.05) is 29.0 Å². The van der Waals surface area contributed by atoms with Gasteiger partial charge >= 0.3 is 0 Å². The highest BCUT2D eigenvalue weighted by molar-refractivity contribution is 6.30. The number of fused-ring (bicyclic) bond motifs is 1. The fraction of sp³-hybridized carbons (Fsp3) is 0.308. The van der Waals surface area contributed by atoms with E-state index in [2.05, 4.69) is 16.3 Å². The molecule has 0 saturated heterocycles. The third-order valence-electron chi connectivity index (χ3n) is 6.48. The SMILES string of the molecule is C#C[C@]1(C)C[C@@H](N(CC(=O)NCc2cccc(Cl)c2F)C(=O)Cn2nc(C(N)=O)c3ccccc32)C1. The number of nitrogens with one attached hydrogen (secondary N) is 1. The molecule has 8 nitrogen and oxygen atoms in total. The highest BCUT2D eigenvalue weighted by Gasteiger charge is 2.44. The van der Waals surface area contributed by atoms with Gasteiger partial charge in [-0.05, 0) is 31.9 Å². The van der Waals surface area contributed by atoms with Gasteiger partial charge < -0.3 is 16.0 Å². The first-order valence-electron chi connectivity index (χ1n) is 11.3. The normalized spacial score (nSPS) is 18.8. The smallest absolute Gasteiger partial charge is 0.269 e. The van der Waals surface area contributed by atoms with Crippen LogP contribution in [0.3, 0.4) is 0 Å². The van der Waals surface area contributed by atoms with Crippen molar-refractivity contribution >= 4 is 40.2 Å². The van der Waals surface area contributed by atoms with E-state index < -0.39 is 17.6 Å². The molecule has 1 fully saturated rings. The molecule has 0 radical (unpaired) electrons. The summed E-state index contributed by atoms with van der Waals surface area (Å²) in [7, 11) is 0. The number of carbonyl (C=O) groups is 3. The Labute approximate surface area is 212 Å². The van der Waals surface area contributed by atoms with Crippen LogP contribution in [0.2, 0.25) is 5.02 Å². The summed E-state index contributed by atoms with van der Waals surface area (Å²) in [5.41, 5.74) is 5.97. The number of hydrogen-bond donors (Lipinski definition) is 2. The summed E-state index contributed by atoms with van der Waals surface area (Å²) in [5.74, 6) is 0.607. The van der Waals surface area contributed by atoms with E-state index in [0.717, 1.165) is 0 Å². The molecule has 10 heteroatoms. The third-order valence-corrected chi connectivity index (χ3v) is 6.77. The summed E-state index contributed by atoms with van der Waals surface area (Å²) >= 11 is 5.81. The molecule has 1 aliphatic rings. The molecular weight excluding hydrogens is 485 g/mol. The second-order valence-electron chi connectivity index (χ2n) is 9.17. The summed E-state index contributed by atoms with van der Waals surface area (Å²) in [6.45, 7) is 1.40. The number of amides is 3. The monoisotopic (exact) mass is 509 g/mol. The molecular formula is C26H25ClFN5O3. The minimum Gasteiger partial charge on any atom is -0.364 e. The van der Waals surface area contributed by atoms with E-state index >= 15 is 0 Å². The van der Waals surface area contributed by atoms with Gasteiger partial charge in [-0.15, -0.1) is 12.3 Å². The maximum absolute atomic E-state index is 14.2. The van der Waals surface area contributed by atoms with Crippen molar-refractivity contribution in [3.8, 4) is 12.3 Å². The summed E-state index contributed by atoms with van der Waals surface area (Å²) < 4.78 is 15.6. The Balaban J connectivity index is 1.52. The van der Waals surface area contributed by atoms with E-state index in [1.165, 1.54) is 21.7 Å². The van der Waals surface area contributed by atoms with Crippen LogP contribution in [-0.4, -0.2) is 45.0 Å². The highest BCUT2D eigenvalue weighted by Crippen LogP contribution is 2.42. The number of terminal acetylenes is 1. The summed E-state index contributed by atoms with van der Waals surface area (Å²) in [5, 5.41) is 7.38. The lowest BCUT2D eigenvalue weighted by Crippen LogP contribution is -2.55. The van der Waals surface area contributed by atoms with Gasteiger partial charge in [-0.25, -0.2) is 4.39 Å². The van der Waals surface area contributed by atoms with Crippen molar-refractivity contribution in [3.63, 3.8) is 0 Å². The van der Waals surface area contributed by atoms with Crippen molar-refractivity contribution in [2.24, 2.45) is 11.1 Å². The number of primary amides is 1. The maximum Gasteiger partial charge on any atom is 0.269 e. The molecule has 1 saturated carbocycles. The van der Waals surface area contributed by atoms with Crippen LogP contribution in [0, 0.1) is 23.6 Å². The number of carbonyl (C=O) groups excluding carboxylic acids is 3. The summed E-state index contributed by atoms with van der Waals surface area (Å²) in [6, 6.07) is 11.2. The Morgan fingerprint density at radius 1 is 1.28 bits per heavy atom. The van der Waals surface area contributed by atoms with E-state index in [1.54, 1.807) is 30.3 Å².